The van der Waals surface area contributed by atoms with Crippen LogP contribution in [0.1, 0.15) is 168 Å². The van der Waals surface area contributed by atoms with E-state index in [0.717, 1.165) is 44.9 Å². The van der Waals surface area contributed by atoms with Crippen LogP contribution in [0.4, 0.5) is 0 Å². The summed E-state index contributed by atoms with van der Waals surface area (Å²) in [5.74, 6) is -0.712. The van der Waals surface area contributed by atoms with Crippen molar-refractivity contribution in [1.82, 2.24) is 5.32 Å². The highest BCUT2D eigenvalue weighted by Gasteiger charge is 2.44. The van der Waals surface area contributed by atoms with Crippen molar-refractivity contribution in [2.24, 2.45) is 0 Å². The van der Waals surface area contributed by atoms with Crippen LogP contribution in [0.5, 0.6) is 0 Å². The van der Waals surface area contributed by atoms with Crippen molar-refractivity contribution in [3.8, 4) is 0 Å². The maximum Gasteiger partial charge on any atom is 0.249 e. The quantitative estimate of drug-likeness (QED) is 0.0291. The highest BCUT2D eigenvalue weighted by Crippen LogP contribution is 2.23. The number of rotatable bonds is 34. The molecule has 1 heterocycles. The van der Waals surface area contributed by atoms with Crippen LogP contribution in [0.2, 0.25) is 0 Å². The third-order valence-electron chi connectivity index (χ3n) is 10.2. The lowest BCUT2D eigenvalue weighted by Crippen LogP contribution is -2.60. The number of carbonyl (C=O) groups is 1. The Kier molecular flexibility index (Phi) is 30.7. The van der Waals surface area contributed by atoms with Gasteiger partial charge in [-0.3, -0.25) is 4.79 Å². The Bertz CT molecular complexity index is 918. The van der Waals surface area contributed by atoms with Crippen LogP contribution < -0.4 is 5.32 Å². The van der Waals surface area contributed by atoms with Gasteiger partial charge in [0, 0.05) is 0 Å². The molecule has 0 saturated carbocycles. The molecule has 0 aromatic carbocycles. The summed E-state index contributed by atoms with van der Waals surface area (Å²) in [6.07, 6.45) is 22.5. The predicted octanol–water partition coefficient (Wildman–Crippen LogP) is 5.89. The summed E-state index contributed by atoms with van der Waals surface area (Å²) in [5.41, 5.74) is 0. The molecule has 8 N–H and O–H groups in total. The standard InChI is InChI=1S/C42H79NO10/c1-3-5-7-9-11-13-15-16-17-18-19-20-22-24-26-28-30-35(46)41(51)43-33(32-52-42-40(50)39(49)38(48)36(31-44)53-42)37(47)34(45)29-27-25-23-21-14-12-10-8-6-4-2/h8,10,21,23,33-40,42,44-50H,3-7,9,11-20,22,24-32H2,1-2H3,(H,43,51)/b10-8+,23-21+. The van der Waals surface area contributed by atoms with E-state index in [2.05, 4.69) is 37.4 Å². The predicted molar refractivity (Wildman–Crippen MR) is 210 cm³/mol. The van der Waals surface area contributed by atoms with Gasteiger partial charge in [0.2, 0.25) is 5.91 Å². The number of hydrogen-bond donors (Lipinski definition) is 8. The van der Waals surface area contributed by atoms with Gasteiger partial charge >= 0.3 is 0 Å². The average molecular weight is 758 g/mol. The lowest BCUT2D eigenvalue weighted by atomic mass is 9.98. The third-order valence-corrected chi connectivity index (χ3v) is 10.2. The Morgan fingerprint density at radius 1 is 0.642 bits per heavy atom. The summed E-state index contributed by atoms with van der Waals surface area (Å²) in [6, 6.07) is -1.18. The number of allylic oxidation sites excluding steroid dienone is 4. The fourth-order valence-corrected chi connectivity index (χ4v) is 6.64. The van der Waals surface area contributed by atoms with E-state index in [9.17, 15) is 40.5 Å². The van der Waals surface area contributed by atoms with Gasteiger partial charge in [-0.1, -0.05) is 147 Å². The fourth-order valence-electron chi connectivity index (χ4n) is 6.64. The molecule has 9 atom stereocenters. The molecule has 11 nitrogen and oxygen atoms in total. The number of ether oxygens (including phenoxy) is 2. The van der Waals surface area contributed by atoms with E-state index < -0.39 is 74.2 Å². The van der Waals surface area contributed by atoms with Gasteiger partial charge in [-0.15, -0.1) is 0 Å². The van der Waals surface area contributed by atoms with Gasteiger partial charge in [-0.25, -0.2) is 0 Å². The first-order valence-corrected chi connectivity index (χ1v) is 21.2. The Labute approximate surface area is 321 Å². The summed E-state index contributed by atoms with van der Waals surface area (Å²) < 4.78 is 11.0. The summed E-state index contributed by atoms with van der Waals surface area (Å²) in [4.78, 5) is 13.0. The molecule has 0 aliphatic carbocycles. The number of aliphatic hydroxyl groups excluding tert-OH is 7. The zero-order chi connectivity index (χ0) is 39.1. The molecule has 0 aromatic heterocycles. The molecule has 1 saturated heterocycles. The number of amides is 1. The lowest BCUT2D eigenvalue weighted by Gasteiger charge is -2.40. The second-order valence-corrected chi connectivity index (χ2v) is 15.1. The molecule has 0 radical (unpaired) electrons. The molecule has 0 spiro atoms. The van der Waals surface area contributed by atoms with Crippen LogP contribution in [0, 0.1) is 0 Å². The fraction of sp³-hybridized carbons (Fsp3) is 0.881. The van der Waals surface area contributed by atoms with Gasteiger partial charge < -0.3 is 50.5 Å². The maximum absolute atomic E-state index is 13.0. The maximum atomic E-state index is 13.0. The van der Waals surface area contributed by atoms with Crippen molar-refractivity contribution in [2.45, 2.75) is 223 Å². The number of nitrogens with one attached hydrogen (secondary N) is 1. The number of aliphatic hydroxyl groups is 7. The van der Waals surface area contributed by atoms with Crippen molar-refractivity contribution in [3.63, 3.8) is 0 Å². The van der Waals surface area contributed by atoms with E-state index in [1.807, 2.05) is 6.08 Å². The highest BCUT2D eigenvalue weighted by molar-refractivity contribution is 5.80. The normalized spacial score (nSPS) is 23.1. The van der Waals surface area contributed by atoms with E-state index in [1.165, 1.54) is 77.0 Å². The monoisotopic (exact) mass is 758 g/mol. The van der Waals surface area contributed by atoms with Crippen molar-refractivity contribution in [2.75, 3.05) is 13.2 Å². The molecule has 9 unspecified atom stereocenters. The van der Waals surface area contributed by atoms with E-state index >= 15 is 0 Å². The summed E-state index contributed by atoms with van der Waals surface area (Å²) in [5, 5.41) is 75.3. The van der Waals surface area contributed by atoms with Crippen LogP contribution in [0.3, 0.4) is 0 Å². The summed E-state index contributed by atoms with van der Waals surface area (Å²) in [7, 11) is 0. The Hall–Kier alpha value is -1.41. The Balaban J connectivity index is 2.50. The molecular formula is C42H79NO10. The smallest absolute Gasteiger partial charge is 0.249 e. The summed E-state index contributed by atoms with van der Waals surface area (Å²) in [6.45, 7) is 3.32. The minimum absolute atomic E-state index is 0.246. The second kappa shape index (κ2) is 32.8. The van der Waals surface area contributed by atoms with Gasteiger partial charge in [0.15, 0.2) is 6.29 Å². The van der Waals surface area contributed by atoms with Gasteiger partial charge in [0.25, 0.3) is 0 Å². The molecule has 53 heavy (non-hydrogen) atoms. The van der Waals surface area contributed by atoms with Gasteiger partial charge in [-0.05, 0) is 44.9 Å². The largest absolute Gasteiger partial charge is 0.394 e. The molecule has 0 aromatic rings. The van der Waals surface area contributed by atoms with Gasteiger partial charge in [-0.2, -0.15) is 0 Å². The topological polar surface area (TPSA) is 189 Å². The van der Waals surface area contributed by atoms with E-state index in [1.54, 1.807) is 0 Å². The molecule has 1 amide bonds. The molecule has 0 bridgehead atoms. The minimum Gasteiger partial charge on any atom is -0.394 e. The van der Waals surface area contributed by atoms with E-state index in [4.69, 9.17) is 9.47 Å². The first-order chi connectivity index (χ1) is 25.7. The van der Waals surface area contributed by atoms with Crippen LogP contribution in [-0.4, -0.2) is 110 Å². The van der Waals surface area contributed by atoms with Crippen molar-refractivity contribution >= 4 is 5.91 Å². The SMILES string of the molecule is CCC/C=C/CC/C=C/CCCC(O)C(O)C(COC1OC(CO)C(O)C(O)C1O)NC(=O)C(O)CCCCCCCCCCCCCCCCCC. The Morgan fingerprint density at radius 2 is 1.15 bits per heavy atom. The third kappa shape index (κ3) is 23.3. The number of hydrogen-bond acceptors (Lipinski definition) is 10. The molecule has 1 aliphatic heterocycles. The molecular weight excluding hydrogens is 678 g/mol. The number of unbranched alkanes of at least 4 members (excludes halogenated alkanes) is 18. The van der Waals surface area contributed by atoms with Crippen molar-refractivity contribution < 1.29 is 50.0 Å². The number of carbonyl (C=O) groups excluding carboxylic acids is 1. The van der Waals surface area contributed by atoms with Crippen LogP contribution >= 0.6 is 0 Å². The van der Waals surface area contributed by atoms with Gasteiger partial charge in [0.05, 0.1) is 25.4 Å². The molecule has 1 rings (SSSR count). The van der Waals surface area contributed by atoms with Crippen LogP contribution in [0.25, 0.3) is 0 Å². The van der Waals surface area contributed by atoms with Crippen molar-refractivity contribution in [3.05, 3.63) is 24.3 Å². The zero-order valence-electron chi connectivity index (χ0n) is 33.2. The van der Waals surface area contributed by atoms with E-state index in [0.29, 0.717) is 19.3 Å². The molecule has 1 fully saturated rings. The average Bonchev–Trinajstić information content (AvgIpc) is 3.16. The zero-order valence-corrected chi connectivity index (χ0v) is 33.2. The molecule has 11 heteroatoms. The van der Waals surface area contributed by atoms with E-state index in [-0.39, 0.29) is 12.8 Å². The Morgan fingerprint density at radius 3 is 1.68 bits per heavy atom. The first kappa shape index (κ1) is 49.6. The highest BCUT2D eigenvalue weighted by atomic mass is 16.7. The van der Waals surface area contributed by atoms with Crippen LogP contribution in [0.15, 0.2) is 24.3 Å². The lowest BCUT2D eigenvalue weighted by molar-refractivity contribution is -0.303. The second-order valence-electron chi connectivity index (χ2n) is 15.1. The van der Waals surface area contributed by atoms with Crippen molar-refractivity contribution in [1.29, 1.82) is 0 Å². The molecule has 312 valence electrons. The summed E-state index contributed by atoms with van der Waals surface area (Å²) >= 11 is 0. The van der Waals surface area contributed by atoms with Crippen LogP contribution in [-0.2, 0) is 14.3 Å². The molecule has 1 aliphatic rings. The van der Waals surface area contributed by atoms with Gasteiger partial charge in [0.1, 0.15) is 36.6 Å². The minimum atomic E-state index is -1.67. The first-order valence-electron chi connectivity index (χ1n) is 21.2.